The first-order valence-electron chi connectivity index (χ1n) is 8.65. The van der Waals surface area contributed by atoms with Gasteiger partial charge in [-0.15, -0.1) is 11.3 Å². The molecule has 2 aromatic heterocycles. The summed E-state index contributed by atoms with van der Waals surface area (Å²) in [6, 6.07) is 12.3. The number of aryl methyl sites for hydroxylation is 1. The molecule has 0 aliphatic carbocycles. The highest BCUT2D eigenvalue weighted by molar-refractivity contribution is 7.92. The Bertz CT molecular complexity index is 1270. The number of sulfone groups is 1. The Morgan fingerprint density at radius 1 is 1.10 bits per heavy atom. The molecule has 0 fully saturated rings. The predicted molar refractivity (Wildman–Crippen MR) is 114 cm³/mol. The fourth-order valence-corrected chi connectivity index (χ4v) is 5.28. The first-order valence-corrected chi connectivity index (χ1v) is 12.0. The summed E-state index contributed by atoms with van der Waals surface area (Å²) in [4.78, 5) is 8.33. The van der Waals surface area contributed by atoms with Gasteiger partial charge >= 0.3 is 0 Å². The van der Waals surface area contributed by atoms with E-state index in [1.807, 2.05) is 12.3 Å². The quantitative estimate of drug-likeness (QED) is 0.415. The summed E-state index contributed by atoms with van der Waals surface area (Å²) in [7, 11) is -3.69. The van der Waals surface area contributed by atoms with Gasteiger partial charge in [-0.3, -0.25) is 5.32 Å². The normalized spacial score (nSPS) is 11.4. The van der Waals surface area contributed by atoms with Gasteiger partial charge in [0.25, 0.3) is 0 Å². The number of thiazole rings is 1. The zero-order chi connectivity index (χ0) is 21.1. The van der Waals surface area contributed by atoms with E-state index in [-0.39, 0.29) is 21.9 Å². The second-order valence-corrected chi connectivity index (χ2v) is 10.0. The molecule has 1 N–H and O–H groups in total. The Morgan fingerprint density at radius 2 is 1.90 bits per heavy atom. The lowest BCUT2D eigenvalue weighted by Gasteiger charge is -2.07. The van der Waals surface area contributed by atoms with Crippen LogP contribution in [0.3, 0.4) is 0 Å². The average molecular weight is 463 g/mol. The molecule has 7 nitrogen and oxygen atoms in total. The summed E-state index contributed by atoms with van der Waals surface area (Å²) in [5.74, 6) is 0.486. The number of hydrogen-bond acceptors (Lipinski definition) is 9. The Balaban J connectivity index is 1.47. The van der Waals surface area contributed by atoms with Gasteiger partial charge in [-0.25, -0.2) is 17.8 Å². The maximum absolute atomic E-state index is 13.0. The van der Waals surface area contributed by atoms with E-state index in [0.29, 0.717) is 22.2 Å². The summed E-state index contributed by atoms with van der Waals surface area (Å²) >= 11 is 2.19. The molecule has 30 heavy (non-hydrogen) atoms. The second kappa shape index (κ2) is 8.46. The van der Waals surface area contributed by atoms with Gasteiger partial charge in [-0.2, -0.15) is 9.36 Å². The van der Waals surface area contributed by atoms with Gasteiger partial charge in [0.1, 0.15) is 17.3 Å². The van der Waals surface area contributed by atoms with Crippen molar-refractivity contribution < 1.29 is 17.5 Å². The topological polar surface area (TPSA) is 94.1 Å². The monoisotopic (exact) mass is 462 g/mol. The van der Waals surface area contributed by atoms with Crippen LogP contribution in [0.25, 0.3) is 0 Å². The lowest BCUT2D eigenvalue weighted by atomic mass is 10.2. The van der Waals surface area contributed by atoms with Gasteiger partial charge < -0.3 is 4.74 Å². The lowest BCUT2D eigenvalue weighted by Crippen LogP contribution is -2.05. The second-order valence-electron chi connectivity index (χ2n) is 6.27. The highest BCUT2D eigenvalue weighted by atomic mass is 32.2. The number of nitrogens with zero attached hydrogens (tertiary/aromatic N) is 3. The molecule has 0 aliphatic heterocycles. The zero-order valence-corrected chi connectivity index (χ0v) is 18.0. The van der Waals surface area contributed by atoms with Crippen molar-refractivity contribution >= 4 is 43.8 Å². The fraction of sp³-hybridized carbons (Fsp3) is 0.105. The molecular formula is C19H15FN4O3S3. The van der Waals surface area contributed by atoms with Gasteiger partial charge in [0.05, 0.1) is 11.4 Å². The van der Waals surface area contributed by atoms with E-state index >= 15 is 0 Å². The number of rotatable bonds is 7. The van der Waals surface area contributed by atoms with E-state index in [4.69, 9.17) is 4.74 Å². The van der Waals surface area contributed by atoms with Crippen LogP contribution in [0.1, 0.15) is 11.3 Å². The van der Waals surface area contributed by atoms with Gasteiger partial charge in [0.2, 0.25) is 20.1 Å². The third-order valence-corrected chi connectivity index (χ3v) is 7.53. The van der Waals surface area contributed by atoms with E-state index in [1.165, 1.54) is 35.6 Å². The summed E-state index contributed by atoms with van der Waals surface area (Å²) in [5, 5.41) is 5.37. The molecule has 2 aromatic carbocycles. The minimum atomic E-state index is -3.69. The molecule has 0 saturated heterocycles. The molecule has 0 amide bonds. The summed E-state index contributed by atoms with van der Waals surface area (Å²) in [6.07, 6.45) is 0. The molecule has 0 saturated carbocycles. The van der Waals surface area contributed by atoms with Crippen LogP contribution in [0.15, 0.2) is 58.3 Å². The van der Waals surface area contributed by atoms with Crippen molar-refractivity contribution in [1.29, 1.82) is 0 Å². The Labute approximate surface area is 180 Å². The third-order valence-electron chi connectivity index (χ3n) is 3.82. The van der Waals surface area contributed by atoms with Gasteiger partial charge in [-0.1, -0.05) is 12.1 Å². The summed E-state index contributed by atoms with van der Waals surface area (Å²) < 4.78 is 48.2. The molecule has 0 unspecified atom stereocenters. The van der Waals surface area contributed by atoms with Crippen LogP contribution < -0.4 is 10.1 Å². The van der Waals surface area contributed by atoms with E-state index in [2.05, 4.69) is 19.7 Å². The van der Waals surface area contributed by atoms with Crippen molar-refractivity contribution in [2.75, 3.05) is 5.32 Å². The van der Waals surface area contributed by atoms with Crippen LogP contribution in [0.2, 0.25) is 0 Å². The highest BCUT2D eigenvalue weighted by Gasteiger charge is 2.21. The SMILES string of the molecule is Cc1csc(Nc2nsc(S(=O)(=O)Cc3cccc(Oc4ccc(F)cc4)c3)n2)n1. The van der Waals surface area contributed by atoms with Crippen molar-refractivity contribution in [1.82, 2.24) is 14.3 Å². The van der Waals surface area contributed by atoms with Crippen LogP contribution in [-0.4, -0.2) is 22.8 Å². The van der Waals surface area contributed by atoms with Crippen LogP contribution in [-0.2, 0) is 15.6 Å². The van der Waals surface area contributed by atoms with Crippen molar-refractivity contribution in [3.63, 3.8) is 0 Å². The van der Waals surface area contributed by atoms with E-state index in [1.54, 1.807) is 24.3 Å². The molecule has 4 rings (SSSR count). The largest absolute Gasteiger partial charge is 0.457 e. The number of halogens is 1. The summed E-state index contributed by atoms with van der Waals surface area (Å²) in [6.45, 7) is 1.86. The van der Waals surface area contributed by atoms with E-state index in [0.717, 1.165) is 17.2 Å². The van der Waals surface area contributed by atoms with Gasteiger partial charge in [-0.05, 0) is 48.9 Å². The molecule has 2 heterocycles. The highest BCUT2D eigenvalue weighted by Crippen LogP contribution is 2.26. The molecule has 0 bridgehead atoms. The standard InChI is InChI=1S/C19H15FN4O3S3/c1-12-10-28-18(21-12)22-17-23-19(29-24-17)30(25,26)11-13-3-2-4-16(9-13)27-15-7-5-14(20)6-8-15/h2-10H,11H2,1H3,(H,21,22,24). The molecule has 11 heteroatoms. The van der Waals surface area contributed by atoms with Crippen LogP contribution in [0.5, 0.6) is 11.5 Å². The average Bonchev–Trinajstić information content (AvgIpc) is 3.33. The number of nitrogens with one attached hydrogen (secondary N) is 1. The predicted octanol–water partition coefficient (Wildman–Crippen LogP) is 4.95. The van der Waals surface area contributed by atoms with Crippen LogP contribution in [0.4, 0.5) is 15.5 Å². The van der Waals surface area contributed by atoms with Crippen molar-refractivity contribution in [2.45, 2.75) is 17.0 Å². The number of benzene rings is 2. The van der Waals surface area contributed by atoms with Gasteiger partial charge in [0.15, 0.2) is 5.13 Å². The summed E-state index contributed by atoms with van der Waals surface area (Å²) in [5.41, 5.74) is 1.39. The van der Waals surface area contributed by atoms with Crippen molar-refractivity contribution in [3.05, 3.63) is 71.0 Å². The smallest absolute Gasteiger partial charge is 0.242 e. The first-order chi connectivity index (χ1) is 14.4. The molecular weight excluding hydrogens is 447 g/mol. The molecule has 0 atom stereocenters. The zero-order valence-electron chi connectivity index (χ0n) is 15.6. The Kier molecular flexibility index (Phi) is 5.75. The minimum Gasteiger partial charge on any atom is -0.457 e. The Morgan fingerprint density at radius 3 is 2.63 bits per heavy atom. The maximum atomic E-state index is 13.0. The molecule has 154 valence electrons. The number of hydrogen-bond donors (Lipinski definition) is 1. The number of ether oxygens (including phenoxy) is 1. The van der Waals surface area contributed by atoms with E-state index < -0.39 is 9.84 Å². The van der Waals surface area contributed by atoms with E-state index in [9.17, 15) is 12.8 Å². The first kappa shape index (κ1) is 20.4. The van der Waals surface area contributed by atoms with Crippen molar-refractivity contribution in [3.8, 4) is 11.5 Å². The molecule has 0 radical (unpaired) electrons. The number of anilines is 2. The van der Waals surface area contributed by atoms with Crippen LogP contribution in [0, 0.1) is 12.7 Å². The maximum Gasteiger partial charge on any atom is 0.242 e. The Hall–Kier alpha value is -2.89. The van der Waals surface area contributed by atoms with Gasteiger partial charge in [0, 0.05) is 16.9 Å². The van der Waals surface area contributed by atoms with Crippen molar-refractivity contribution in [2.24, 2.45) is 0 Å². The molecule has 0 aliphatic rings. The number of aromatic nitrogens is 3. The minimum absolute atomic E-state index is 0.0804. The molecule has 4 aromatic rings. The third kappa shape index (κ3) is 4.99. The lowest BCUT2D eigenvalue weighted by molar-refractivity contribution is 0.480. The molecule has 0 spiro atoms. The fourth-order valence-electron chi connectivity index (χ4n) is 2.51. The van der Waals surface area contributed by atoms with Crippen LogP contribution >= 0.6 is 22.9 Å².